The summed E-state index contributed by atoms with van der Waals surface area (Å²) >= 11 is 0. The molecule has 0 aromatic heterocycles. The number of benzene rings is 1. The van der Waals surface area contributed by atoms with E-state index in [0.717, 1.165) is 30.6 Å². The van der Waals surface area contributed by atoms with E-state index in [1.807, 2.05) is 19.1 Å². The zero-order valence-electron chi connectivity index (χ0n) is 14.3. The van der Waals surface area contributed by atoms with Crippen molar-refractivity contribution >= 4 is 5.91 Å². The van der Waals surface area contributed by atoms with E-state index < -0.39 is 0 Å². The van der Waals surface area contributed by atoms with Crippen LogP contribution in [0.2, 0.25) is 0 Å². The van der Waals surface area contributed by atoms with Gasteiger partial charge < -0.3 is 9.80 Å². The summed E-state index contributed by atoms with van der Waals surface area (Å²) in [5, 5.41) is 0. The van der Waals surface area contributed by atoms with Gasteiger partial charge in [-0.15, -0.1) is 5.56 Å². The van der Waals surface area contributed by atoms with Gasteiger partial charge in [-0.1, -0.05) is 6.92 Å². The first-order valence-corrected chi connectivity index (χ1v) is 8.71. The minimum atomic E-state index is 0. The van der Waals surface area contributed by atoms with E-state index in [9.17, 15) is 4.79 Å². The van der Waals surface area contributed by atoms with Crippen molar-refractivity contribution in [1.82, 2.24) is 9.80 Å². The molecule has 3 nitrogen and oxygen atoms in total. The third-order valence-corrected chi connectivity index (χ3v) is 5.00. The van der Waals surface area contributed by atoms with Crippen molar-refractivity contribution in [3.05, 3.63) is 35.4 Å². The molecule has 1 radical (unpaired) electrons. The number of aryl methyl sites for hydroxylation is 1. The van der Waals surface area contributed by atoms with E-state index in [-0.39, 0.29) is 32.7 Å². The van der Waals surface area contributed by atoms with Crippen LogP contribution in [0.15, 0.2) is 18.2 Å². The Bertz CT molecular complexity index is 497. The van der Waals surface area contributed by atoms with Gasteiger partial charge in [0.1, 0.15) is 0 Å². The van der Waals surface area contributed by atoms with Gasteiger partial charge >= 0.3 is 0 Å². The number of nitrogens with zero attached hydrogens (tertiary/aromatic N) is 2. The van der Waals surface area contributed by atoms with Crippen molar-refractivity contribution < 1.29 is 37.5 Å². The molecule has 2 aliphatic heterocycles. The average Bonchev–Trinajstić information content (AvgIpc) is 3.03. The first-order chi connectivity index (χ1) is 10.7. The predicted octanol–water partition coefficient (Wildman–Crippen LogP) is 2.81. The summed E-state index contributed by atoms with van der Waals surface area (Å²) in [5.74, 6) is 0.293. The van der Waals surface area contributed by atoms with Gasteiger partial charge in [0, 0.05) is 58.3 Å². The Kier molecular flexibility index (Phi) is 7.71. The van der Waals surface area contributed by atoms with Crippen LogP contribution in [0.5, 0.6) is 0 Å². The standard InChI is InChI=1S/C19H27N2O.Y/c1-16-7-9-17(10-8-16)14-19(22)21-13-3-2-6-18(21)15-20-11-4-5-12-20;/h7,9-10,18H,2-6,11-15H2,1H3;/q-1;. The van der Waals surface area contributed by atoms with Crippen LogP contribution in [0, 0.1) is 13.0 Å². The van der Waals surface area contributed by atoms with Gasteiger partial charge in [-0.3, -0.25) is 4.79 Å². The molecule has 0 aliphatic carbocycles. The number of carbonyl (C=O) groups is 1. The molecule has 1 aromatic rings. The van der Waals surface area contributed by atoms with Gasteiger partial charge in [-0.25, -0.2) is 0 Å². The SMILES string of the molecule is Cc1[c-]cc(CC(=O)N2CCCCC2CN2CCCC2)cc1.[Y]. The van der Waals surface area contributed by atoms with Gasteiger partial charge in [0.15, 0.2) is 0 Å². The van der Waals surface area contributed by atoms with Crippen LogP contribution < -0.4 is 0 Å². The maximum Gasteiger partial charge on any atom is 0.215 e. The summed E-state index contributed by atoms with van der Waals surface area (Å²) in [6, 6.07) is 9.69. The Morgan fingerprint density at radius 2 is 1.91 bits per heavy atom. The molecule has 123 valence electrons. The van der Waals surface area contributed by atoms with E-state index in [2.05, 4.69) is 21.9 Å². The Balaban J connectivity index is 0.00000192. The molecule has 2 heterocycles. The fraction of sp³-hybridized carbons (Fsp3) is 0.632. The molecule has 1 unspecified atom stereocenters. The van der Waals surface area contributed by atoms with Gasteiger partial charge in [0.05, 0.1) is 0 Å². The number of amides is 1. The van der Waals surface area contributed by atoms with Gasteiger partial charge in [-0.05, 0) is 45.2 Å². The van der Waals surface area contributed by atoms with Gasteiger partial charge in [-0.2, -0.15) is 29.8 Å². The van der Waals surface area contributed by atoms with Crippen LogP contribution >= 0.6 is 0 Å². The molecule has 4 heteroatoms. The smallest absolute Gasteiger partial charge is 0.215 e. The maximum absolute atomic E-state index is 12.7. The molecule has 0 N–H and O–H groups in total. The Morgan fingerprint density at radius 3 is 2.61 bits per heavy atom. The van der Waals surface area contributed by atoms with Crippen LogP contribution in [0.3, 0.4) is 0 Å². The number of rotatable bonds is 4. The number of piperidine rings is 1. The van der Waals surface area contributed by atoms with Gasteiger partial charge in [0.2, 0.25) is 5.91 Å². The Labute approximate surface area is 165 Å². The van der Waals surface area contributed by atoms with Crippen LogP contribution in [0.1, 0.15) is 43.2 Å². The minimum absolute atomic E-state index is 0. The quantitative estimate of drug-likeness (QED) is 0.741. The monoisotopic (exact) mass is 388 g/mol. The maximum atomic E-state index is 12.7. The first-order valence-electron chi connectivity index (χ1n) is 8.71. The fourth-order valence-electron chi connectivity index (χ4n) is 3.70. The van der Waals surface area contributed by atoms with E-state index in [4.69, 9.17) is 0 Å². The van der Waals surface area contributed by atoms with Crippen LogP contribution in [-0.2, 0) is 43.9 Å². The summed E-state index contributed by atoms with van der Waals surface area (Å²) in [6.45, 7) is 6.47. The molecule has 1 amide bonds. The fourth-order valence-corrected chi connectivity index (χ4v) is 3.70. The molecule has 0 spiro atoms. The van der Waals surface area contributed by atoms with Crippen LogP contribution in [0.25, 0.3) is 0 Å². The molecule has 23 heavy (non-hydrogen) atoms. The molecule has 1 aromatic carbocycles. The van der Waals surface area contributed by atoms with E-state index in [0.29, 0.717) is 18.4 Å². The van der Waals surface area contributed by atoms with E-state index in [1.54, 1.807) is 0 Å². The molecule has 2 fully saturated rings. The molecule has 0 saturated carbocycles. The normalized spacial score (nSPS) is 22.0. The van der Waals surface area contributed by atoms with Crippen LogP contribution in [0.4, 0.5) is 0 Å². The third-order valence-electron chi connectivity index (χ3n) is 5.00. The molecule has 2 saturated heterocycles. The van der Waals surface area contributed by atoms with E-state index >= 15 is 0 Å². The molecule has 3 rings (SSSR count). The number of hydrogen-bond acceptors (Lipinski definition) is 2. The largest absolute Gasteiger partial charge is 0.339 e. The molecular weight excluding hydrogens is 361 g/mol. The topological polar surface area (TPSA) is 23.6 Å². The second-order valence-corrected chi connectivity index (χ2v) is 6.80. The second-order valence-electron chi connectivity index (χ2n) is 6.80. The van der Waals surface area contributed by atoms with E-state index in [1.165, 1.54) is 38.8 Å². The van der Waals surface area contributed by atoms with Crippen molar-refractivity contribution in [1.29, 1.82) is 0 Å². The molecule has 2 aliphatic rings. The minimum Gasteiger partial charge on any atom is -0.339 e. The average molecular weight is 388 g/mol. The number of carbonyl (C=O) groups excluding carboxylic acids is 1. The molecular formula is C19H27N2OY-. The van der Waals surface area contributed by atoms with Gasteiger partial charge in [0.25, 0.3) is 0 Å². The third kappa shape index (κ3) is 5.37. The van der Waals surface area contributed by atoms with Crippen molar-refractivity contribution in [3.63, 3.8) is 0 Å². The summed E-state index contributed by atoms with van der Waals surface area (Å²) in [4.78, 5) is 17.4. The second kappa shape index (κ2) is 9.29. The van der Waals surface area contributed by atoms with Crippen molar-refractivity contribution in [2.75, 3.05) is 26.2 Å². The molecule has 1 atom stereocenters. The Hall–Kier alpha value is -0.246. The van der Waals surface area contributed by atoms with Crippen LogP contribution in [-0.4, -0.2) is 47.9 Å². The summed E-state index contributed by atoms with van der Waals surface area (Å²) in [6.07, 6.45) is 6.75. The predicted molar refractivity (Wildman–Crippen MR) is 88.7 cm³/mol. The Morgan fingerprint density at radius 1 is 1.17 bits per heavy atom. The summed E-state index contributed by atoms with van der Waals surface area (Å²) in [7, 11) is 0. The zero-order valence-corrected chi connectivity index (χ0v) is 17.1. The van der Waals surface area contributed by atoms with Crippen molar-refractivity contribution in [3.8, 4) is 0 Å². The van der Waals surface area contributed by atoms with Crippen molar-refractivity contribution in [2.45, 2.75) is 51.5 Å². The summed E-state index contributed by atoms with van der Waals surface area (Å²) < 4.78 is 0. The number of hydrogen-bond donors (Lipinski definition) is 0. The number of likely N-dealkylation sites (tertiary alicyclic amines) is 2. The van der Waals surface area contributed by atoms with Crippen molar-refractivity contribution in [2.24, 2.45) is 0 Å². The zero-order chi connectivity index (χ0) is 15.4. The summed E-state index contributed by atoms with van der Waals surface area (Å²) in [5.41, 5.74) is 2.21. The molecule has 0 bridgehead atoms. The first kappa shape index (κ1) is 19.1.